The van der Waals surface area contributed by atoms with Crippen molar-refractivity contribution in [3.8, 4) is 11.5 Å². The first-order valence-electron chi connectivity index (χ1n) is 12.6. The zero-order valence-electron chi connectivity index (χ0n) is 23.4. The Kier molecular flexibility index (Phi) is 9.02. The van der Waals surface area contributed by atoms with E-state index in [2.05, 4.69) is 15.0 Å². The fraction of sp³-hybridized carbons (Fsp3) is 0.172. The zero-order valence-corrected chi connectivity index (χ0v) is 25.0. The Bertz CT molecular complexity index is 1780. The predicted molar refractivity (Wildman–Crippen MR) is 160 cm³/mol. The fourth-order valence-electron chi connectivity index (χ4n) is 4.20. The number of rotatable bonds is 11. The average molecular weight is 611 g/mol. The number of aryl methyl sites for hydroxylation is 2. The number of nitrogens with zero attached hydrogens (tertiary/aromatic N) is 2. The van der Waals surface area contributed by atoms with Crippen LogP contribution in [0.2, 0.25) is 0 Å². The Labute approximate surface area is 245 Å². The van der Waals surface area contributed by atoms with Crippen molar-refractivity contribution < 1.29 is 31.1 Å². The molecule has 11 nitrogen and oxygen atoms in total. The number of pyridine rings is 1. The summed E-state index contributed by atoms with van der Waals surface area (Å²) in [5, 5.41) is 2.65. The minimum Gasteiger partial charge on any atom is -0.493 e. The maximum absolute atomic E-state index is 13.9. The molecule has 0 radical (unpaired) electrons. The highest BCUT2D eigenvalue weighted by molar-refractivity contribution is 7.93. The molecule has 4 rings (SSSR count). The van der Waals surface area contributed by atoms with Gasteiger partial charge in [0.1, 0.15) is 6.54 Å². The summed E-state index contributed by atoms with van der Waals surface area (Å²) >= 11 is 0. The lowest BCUT2D eigenvalue weighted by molar-refractivity contribution is -0.114. The molecular weight excluding hydrogens is 580 g/mol. The highest BCUT2D eigenvalue weighted by Crippen LogP contribution is 2.33. The SMILES string of the molecule is COc1ccc(S(=O)(=O)N(CC(=O)Nc2ccc(S(=O)(=O)Nc3cccnc3)cc2)c2cc(C)cc(C)c2)cc1OC. The van der Waals surface area contributed by atoms with Crippen molar-refractivity contribution in [3.63, 3.8) is 0 Å². The Morgan fingerprint density at radius 1 is 0.810 bits per heavy atom. The minimum atomic E-state index is -4.24. The smallest absolute Gasteiger partial charge is 0.264 e. The van der Waals surface area contributed by atoms with Crippen molar-refractivity contribution in [2.45, 2.75) is 23.6 Å². The van der Waals surface area contributed by atoms with E-state index in [4.69, 9.17) is 9.47 Å². The van der Waals surface area contributed by atoms with Crippen LogP contribution in [0, 0.1) is 13.8 Å². The van der Waals surface area contributed by atoms with E-state index in [1.165, 1.54) is 69.1 Å². The van der Waals surface area contributed by atoms with Crippen LogP contribution >= 0.6 is 0 Å². The summed E-state index contributed by atoms with van der Waals surface area (Å²) in [6, 6.07) is 18.1. The first-order chi connectivity index (χ1) is 19.9. The molecule has 220 valence electrons. The number of carbonyl (C=O) groups is 1. The lowest BCUT2D eigenvalue weighted by Gasteiger charge is -2.25. The Balaban J connectivity index is 1.60. The van der Waals surface area contributed by atoms with E-state index >= 15 is 0 Å². The third-order valence-corrected chi connectivity index (χ3v) is 9.25. The number of carbonyl (C=O) groups excluding carboxylic acids is 1. The van der Waals surface area contributed by atoms with Crippen molar-refractivity contribution in [1.29, 1.82) is 0 Å². The molecule has 0 fully saturated rings. The number of sulfonamides is 2. The number of amides is 1. The summed E-state index contributed by atoms with van der Waals surface area (Å²) in [6.45, 7) is 3.11. The minimum absolute atomic E-state index is 0.0303. The van der Waals surface area contributed by atoms with Crippen molar-refractivity contribution in [1.82, 2.24) is 4.98 Å². The molecule has 0 atom stereocenters. The molecule has 1 heterocycles. The molecule has 0 bridgehead atoms. The van der Waals surface area contributed by atoms with Gasteiger partial charge in [-0.3, -0.25) is 18.8 Å². The third-order valence-electron chi connectivity index (χ3n) is 6.09. The second-order valence-electron chi connectivity index (χ2n) is 9.29. The summed E-state index contributed by atoms with van der Waals surface area (Å²) in [4.78, 5) is 17.0. The van der Waals surface area contributed by atoms with Crippen LogP contribution in [-0.4, -0.2) is 48.5 Å². The second kappa shape index (κ2) is 12.5. The zero-order chi connectivity index (χ0) is 30.5. The van der Waals surface area contributed by atoms with Gasteiger partial charge in [0.25, 0.3) is 20.0 Å². The van der Waals surface area contributed by atoms with E-state index in [1.54, 1.807) is 24.3 Å². The van der Waals surface area contributed by atoms with Crippen molar-refractivity contribution >= 4 is 43.0 Å². The van der Waals surface area contributed by atoms with Crippen molar-refractivity contribution in [3.05, 3.63) is 96.3 Å². The third kappa shape index (κ3) is 6.98. The van der Waals surface area contributed by atoms with Gasteiger partial charge < -0.3 is 14.8 Å². The van der Waals surface area contributed by atoms with Gasteiger partial charge in [-0.2, -0.15) is 0 Å². The second-order valence-corrected chi connectivity index (χ2v) is 12.8. The van der Waals surface area contributed by atoms with Gasteiger partial charge >= 0.3 is 0 Å². The van der Waals surface area contributed by atoms with E-state index < -0.39 is 32.5 Å². The van der Waals surface area contributed by atoms with Crippen molar-refractivity contribution in [2.75, 3.05) is 35.1 Å². The molecule has 1 amide bonds. The molecular formula is C29H30N4O7S2. The molecule has 0 unspecified atom stereocenters. The molecule has 0 aliphatic rings. The molecule has 0 saturated carbocycles. The number of hydrogen-bond donors (Lipinski definition) is 2. The van der Waals surface area contributed by atoms with Gasteiger partial charge in [-0.05, 0) is 85.6 Å². The van der Waals surface area contributed by atoms with Gasteiger partial charge in [0.05, 0.1) is 41.6 Å². The first-order valence-corrected chi connectivity index (χ1v) is 15.5. The summed E-state index contributed by atoms with van der Waals surface area (Å²) in [6.07, 6.45) is 2.90. The van der Waals surface area contributed by atoms with Crippen LogP contribution < -0.4 is 23.8 Å². The normalized spacial score (nSPS) is 11.4. The maximum Gasteiger partial charge on any atom is 0.264 e. The Morgan fingerprint density at radius 3 is 2.05 bits per heavy atom. The molecule has 0 saturated heterocycles. The number of nitrogens with one attached hydrogen (secondary N) is 2. The van der Waals surface area contributed by atoms with Gasteiger partial charge in [-0.1, -0.05) is 6.07 Å². The van der Waals surface area contributed by atoms with Crippen LogP contribution in [0.25, 0.3) is 0 Å². The molecule has 3 aromatic carbocycles. The number of ether oxygens (including phenoxy) is 2. The summed E-state index contributed by atoms with van der Waals surface area (Å²) < 4.78 is 67.1. The fourth-order valence-corrected chi connectivity index (χ4v) is 6.66. The molecule has 0 aliphatic heterocycles. The standard InChI is InChI=1S/C29H30N4O7S2/c1-20-14-21(2)16-24(15-20)33(42(37,38)26-11-12-27(39-3)28(17-26)40-4)19-29(34)31-22-7-9-25(10-8-22)41(35,36)32-23-6-5-13-30-18-23/h5-18,32H,19H2,1-4H3,(H,31,34). The Morgan fingerprint density at radius 2 is 1.45 bits per heavy atom. The van der Waals surface area contributed by atoms with Gasteiger partial charge in [0.15, 0.2) is 11.5 Å². The highest BCUT2D eigenvalue weighted by Gasteiger charge is 2.29. The van der Waals surface area contributed by atoms with E-state index in [0.29, 0.717) is 17.1 Å². The number of anilines is 3. The van der Waals surface area contributed by atoms with E-state index in [0.717, 1.165) is 15.4 Å². The molecule has 42 heavy (non-hydrogen) atoms. The molecule has 0 spiro atoms. The van der Waals surface area contributed by atoms with Gasteiger partial charge in [0, 0.05) is 18.0 Å². The van der Waals surface area contributed by atoms with E-state index in [1.807, 2.05) is 19.9 Å². The van der Waals surface area contributed by atoms with Crippen LogP contribution in [0.15, 0.2) is 95.0 Å². The molecule has 1 aromatic heterocycles. The summed E-state index contributed by atoms with van der Waals surface area (Å²) in [5.41, 5.74) is 2.52. The van der Waals surface area contributed by atoms with Crippen LogP contribution in [0.4, 0.5) is 17.1 Å². The van der Waals surface area contributed by atoms with E-state index in [-0.39, 0.29) is 21.2 Å². The number of hydrogen-bond acceptors (Lipinski definition) is 8. The molecule has 2 N–H and O–H groups in total. The quantitative estimate of drug-likeness (QED) is 0.255. The maximum atomic E-state index is 13.9. The molecule has 13 heteroatoms. The predicted octanol–water partition coefficient (Wildman–Crippen LogP) is 4.35. The lowest BCUT2D eigenvalue weighted by Crippen LogP contribution is -2.38. The number of methoxy groups -OCH3 is 2. The summed E-state index contributed by atoms with van der Waals surface area (Å²) in [7, 11) is -5.30. The number of aromatic nitrogens is 1. The topological polar surface area (TPSA) is 144 Å². The average Bonchev–Trinajstić information content (AvgIpc) is 2.95. The first kappa shape index (κ1) is 30.3. The van der Waals surface area contributed by atoms with E-state index in [9.17, 15) is 21.6 Å². The lowest BCUT2D eigenvalue weighted by atomic mass is 10.1. The molecule has 0 aliphatic carbocycles. The van der Waals surface area contributed by atoms with Gasteiger partial charge in [-0.15, -0.1) is 0 Å². The van der Waals surface area contributed by atoms with Crippen molar-refractivity contribution in [2.24, 2.45) is 0 Å². The highest BCUT2D eigenvalue weighted by atomic mass is 32.2. The van der Waals surface area contributed by atoms with Crippen LogP contribution in [0.5, 0.6) is 11.5 Å². The van der Waals surface area contributed by atoms with Crippen LogP contribution in [0.3, 0.4) is 0 Å². The number of benzene rings is 3. The largest absolute Gasteiger partial charge is 0.493 e. The van der Waals surface area contributed by atoms with Gasteiger partial charge in [0.2, 0.25) is 5.91 Å². The summed E-state index contributed by atoms with van der Waals surface area (Å²) in [5.74, 6) is -0.0630. The Hall–Kier alpha value is -4.62. The van der Waals surface area contributed by atoms with Crippen LogP contribution in [-0.2, 0) is 24.8 Å². The molecule has 4 aromatic rings. The van der Waals surface area contributed by atoms with Crippen LogP contribution in [0.1, 0.15) is 11.1 Å². The monoisotopic (exact) mass is 610 g/mol. The van der Waals surface area contributed by atoms with Gasteiger partial charge in [-0.25, -0.2) is 16.8 Å².